The number of aromatic hydroxyl groups is 1. The zero-order valence-electron chi connectivity index (χ0n) is 16.4. The zero-order chi connectivity index (χ0) is 21.5. The second-order valence-corrected chi connectivity index (χ2v) is 7.50. The van der Waals surface area contributed by atoms with Crippen molar-refractivity contribution in [3.8, 4) is 17.2 Å². The maximum absolute atomic E-state index is 13.5. The molecule has 31 heavy (non-hydrogen) atoms. The summed E-state index contributed by atoms with van der Waals surface area (Å²) in [4.78, 5) is 26.4. The van der Waals surface area contributed by atoms with Crippen LogP contribution in [0.3, 0.4) is 0 Å². The molecule has 0 spiro atoms. The summed E-state index contributed by atoms with van der Waals surface area (Å²) in [7, 11) is 0. The fourth-order valence-electron chi connectivity index (χ4n) is 4.20. The van der Waals surface area contributed by atoms with Gasteiger partial charge in [0.05, 0.1) is 11.5 Å². The molecule has 2 aliphatic rings. The Hall–Kier alpha value is -4.00. The highest BCUT2D eigenvalue weighted by atomic mass is 16.7. The van der Waals surface area contributed by atoms with Crippen molar-refractivity contribution in [1.29, 1.82) is 0 Å². The lowest BCUT2D eigenvalue weighted by molar-refractivity contribution is -0.118. The van der Waals surface area contributed by atoms with Crippen molar-refractivity contribution >= 4 is 17.6 Å². The summed E-state index contributed by atoms with van der Waals surface area (Å²) in [5.74, 6) is -0.853. The number of nitrogens with zero attached hydrogens (tertiary/aromatic N) is 1. The summed E-state index contributed by atoms with van der Waals surface area (Å²) >= 11 is 0. The minimum Gasteiger partial charge on any atom is -0.507 e. The molecule has 1 amide bonds. The maximum atomic E-state index is 13.5. The van der Waals surface area contributed by atoms with Crippen LogP contribution in [0.2, 0.25) is 0 Å². The summed E-state index contributed by atoms with van der Waals surface area (Å²) < 4.78 is 10.7. The summed E-state index contributed by atoms with van der Waals surface area (Å²) in [5, 5.41) is 19.8. The molecule has 0 radical (unpaired) electrons. The number of hydrogen-bond acceptors (Lipinski definition) is 5. The van der Waals surface area contributed by atoms with Gasteiger partial charge in [-0.15, -0.1) is 0 Å². The number of benzene rings is 3. The lowest BCUT2D eigenvalue weighted by atomic mass is 9.91. The topological polar surface area (TPSA) is 96.3 Å². The first kappa shape index (κ1) is 19.0. The minimum absolute atomic E-state index is 0.0200. The molecule has 2 heterocycles. The van der Waals surface area contributed by atoms with E-state index in [0.29, 0.717) is 30.0 Å². The number of carboxylic acids is 1. The third-order valence-electron chi connectivity index (χ3n) is 5.68. The Morgan fingerprint density at radius 1 is 1.00 bits per heavy atom. The van der Waals surface area contributed by atoms with Crippen LogP contribution in [0.15, 0.2) is 60.7 Å². The first-order valence-corrected chi connectivity index (χ1v) is 9.88. The van der Waals surface area contributed by atoms with Gasteiger partial charge in [-0.25, -0.2) is 4.79 Å². The lowest BCUT2D eigenvalue weighted by Crippen LogP contribution is -2.31. The molecule has 0 saturated heterocycles. The van der Waals surface area contributed by atoms with Crippen LogP contribution >= 0.6 is 0 Å². The third kappa shape index (κ3) is 3.24. The molecule has 3 aromatic rings. The number of anilines is 1. The van der Waals surface area contributed by atoms with Crippen LogP contribution in [0.1, 0.15) is 33.0 Å². The highest BCUT2D eigenvalue weighted by molar-refractivity contribution is 6.07. The Labute approximate surface area is 178 Å². The summed E-state index contributed by atoms with van der Waals surface area (Å²) in [6.45, 7) is 0.468. The second kappa shape index (κ2) is 7.36. The molecule has 0 aliphatic carbocycles. The SMILES string of the molecule is O=C(O)c1cccc(CCN2C(=O)C(c3cc4c(cc3O)OCO4)c3ccccc32)c1. The van der Waals surface area contributed by atoms with E-state index in [1.807, 2.05) is 30.3 Å². The molecule has 2 N–H and O–H groups in total. The van der Waals surface area contributed by atoms with E-state index in [9.17, 15) is 19.8 Å². The molecule has 3 aromatic carbocycles. The highest BCUT2D eigenvalue weighted by Gasteiger charge is 2.40. The summed E-state index contributed by atoms with van der Waals surface area (Å²) in [6, 6.07) is 17.3. The molecule has 156 valence electrons. The van der Waals surface area contributed by atoms with Gasteiger partial charge in [0.2, 0.25) is 12.7 Å². The zero-order valence-corrected chi connectivity index (χ0v) is 16.4. The minimum atomic E-state index is -0.984. The average molecular weight is 417 g/mol. The van der Waals surface area contributed by atoms with Crippen LogP contribution in [0, 0.1) is 0 Å². The van der Waals surface area contributed by atoms with Crippen molar-refractivity contribution in [2.75, 3.05) is 18.2 Å². The highest BCUT2D eigenvalue weighted by Crippen LogP contribution is 2.47. The van der Waals surface area contributed by atoms with E-state index < -0.39 is 11.9 Å². The smallest absolute Gasteiger partial charge is 0.335 e. The molecule has 2 aliphatic heterocycles. The fraction of sp³-hybridized carbons (Fsp3) is 0.167. The number of aromatic carboxylic acids is 1. The number of ether oxygens (including phenoxy) is 2. The largest absolute Gasteiger partial charge is 0.507 e. The van der Waals surface area contributed by atoms with Gasteiger partial charge in [0.25, 0.3) is 0 Å². The van der Waals surface area contributed by atoms with Gasteiger partial charge in [0, 0.05) is 23.9 Å². The number of phenols is 1. The van der Waals surface area contributed by atoms with Crippen LogP contribution < -0.4 is 14.4 Å². The molecule has 0 fully saturated rings. The van der Waals surface area contributed by atoms with E-state index in [0.717, 1.165) is 16.8 Å². The first-order valence-electron chi connectivity index (χ1n) is 9.88. The molecular formula is C24H19NO6. The van der Waals surface area contributed by atoms with Crippen LogP contribution in [0.25, 0.3) is 0 Å². The molecule has 5 rings (SSSR count). The van der Waals surface area contributed by atoms with E-state index >= 15 is 0 Å². The van der Waals surface area contributed by atoms with Crippen molar-refractivity contribution in [2.45, 2.75) is 12.3 Å². The van der Waals surface area contributed by atoms with Crippen molar-refractivity contribution in [2.24, 2.45) is 0 Å². The molecule has 1 unspecified atom stereocenters. The number of amides is 1. The van der Waals surface area contributed by atoms with Gasteiger partial charge in [-0.05, 0) is 41.8 Å². The number of carbonyl (C=O) groups excluding carboxylic acids is 1. The molecule has 0 aromatic heterocycles. The van der Waals surface area contributed by atoms with Crippen LogP contribution in [0.5, 0.6) is 17.2 Å². The van der Waals surface area contributed by atoms with Gasteiger partial charge in [0.15, 0.2) is 11.5 Å². The van der Waals surface area contributed by atoms with Gasteiger partial charge in [-0.2, -0.15) is 0 Å². The quantitative estimate of drug-likeness (QED) is 0.659. The number of phenolic OH excluding ortho intramolecular Hbond substituents is 1. The van der Waals surface area contributed by atoms with Crippen molar-refractivity contribution in [3.63, 3.8) is 0 Å². The monoisotopic (exact) mass is 417 g/mol. The molecular weight excluding hydrogens is 398 g/mol. The Morgan fingerprint density at radius 3 is 2.58 bits per heavy atom. The number of fused-ring (bicyclic) bond motifs is 2. The first-order chi connectivity index (χ1) is 15.0. The number of carbonyl (C=O) groups is 2. The van der Waals surface area contributed by atoms with Gasteiger partial charge in [-0.1, -0.05) is 30.3 Å². The second-order valence-electron chi connectivity index (χ2n) is 7.50. The standard InChI is InChI=1S/C24H19NO6/c26-19-12-21-20(30-13-31-21)11-17(19)22-16-6-1-2-7-18(16)25(23(22)27)9-8-14-4-3-5-15(10-14)24(28)29/h1-7,10-12,22,26H,8-9,13H2,(H,28,29). The van der Waals surface area contributed by atoms with Gasteiger partial charge in [-0.3, -0.25) is 4.79 Å². The van der Waals surface area contributed by atoms with Crippen LogP contribution in [0.4, 0.5) is 5.69 Å². The normalized spacial score (nSPS) is 16.5. The van der Waals surface area contributed by atoms with E-state index in [1.54, 1.807) is 29.2 Å². The number of hydrogen-bond donors (Lipinski definition) is 2. The van der Waals surface area contributed by atoms with E-state index in [4.69, 9.17) is 9.47 Å². The Kier molecular flexibility index (Phi) is 4.51. The molecule has 7 nitrogen and oxygen atoms in total. The van der Waals surface area contributed by atoms with Crippen LogP contribution in [-0.4, -0.2) is 35.4 Å². The van der Waals surface area contributed by atoms with Gasteiger partial charge < -0.3 is 24.6 Å². The Balaban J connectivity index is 1.47. The van der Waals surface area contributed by atoms with Crippen LogP contribution in [-0.2, 0) is 11.2 Å². The van der Waals surface area contributed by atoms with Gasteiger partial charge in [0.1, 0.15) is 5.75 Å². The molecule has 0 saturated carbocycles. The summed E-state index contributed by atoms with van der Waals surface area (Å²) in [6.07, 6.45) is 0.501. The predicted molar refractivity (Wildman–Crippen MR) is 112 cm³/mol. The molecule has 7 heteroatoms. The molecule has 1 atom stereocenters. The Bertz CT molecular complexity index is 1200. The van der Waals surface area contributed by atoms with E-state index in [1.165, 1.54) is 6.07 Å². The summed E-state index contributed by atoms with van der Waals surface area (Å²) in [5.41, 5.74) is 3.11. The van der Waals surface area contributed by atoms with Gasteiger partial charge >= 0.3 is 5.97 Å². The fourth-order valence-corrected chi connectivity index (χ4v) is 4.20. The average Bonchev–Trinajstić information content (AvgIpc) is 3.33. The Morgan fingerprint density at radius 2 is 1.77 bits per heavy atom. The van der Waals surface area contributed by atoms with E-state index in [2.05, 4.69) is 0 Å². The van der Waals surface area contributed by atoms with Crippen molar-refractivity contribution < 1.29 is 29.3 Å². The molecule has 0 bridgehead atoms. The van der Waals surface area contributed by atoms with Crippen molar-refractivity contribution in [3.05, 3.63) is 82.9 Å². The van der Waals surface area contributed by atoms with Crippen molar-refractivity contribution in [1.82, 2.24) is 0 Å². The third-order valence-corrected chi connectivity index (χ3v) is 5.68. The predicted octanol–water partition coefficient (Wildman–Crippen LogP) is 3.54. The van der Waals surface area contributed by atoms with E-state index in [-0.39, 0.29) is 24.0 Å². The maximum Gasteiger partial charge on any atom is 0.335 e. The number of para-hydroxylation sites is 1. The number of rotatable bonds is 5. The number of carboxylic acid groups (broad SMARTS) is 1. The lowest BCUT2D eigenvalue weighted by Gasteiger charge is -2.19.